The molecule has 4 rings (SSSR count). The smallest absolute Gasteiger partial charge is 0.262 e. The number of ether oxygens (including phenoxy) is 2. The highest BCUT2D eigenvalue weighted by Gasteiger charge is 2.18. The van der Waals surface area contributed by atoms with Gasteiger partial charge in [-0.3, -0.25) is 20.5 Å². The number of hydrogen-bond acceptors (Lipinski definition) is 10. The van der Waals surface area contributed by atoms with Crippen molar-refractivity contribution in [2.24, 2.45) is 0 Å². The first kappa shape index (κ1) is 25.2. The van der Waals surface area contributed by atoms with Gasteiger partial charge in [0.25, 0.3) is 5.91 Å². The third-order valence-electron chi connectivity index (χ3n) is 5.89. The molecule has 1 aliphatic rings. The summed E-state index contributed by atoms with van der Waals surface area (Å²) >= 11 is 0. The number of hydrazine groups is 1. The maximum atomic E-state index is 11.7. The summed E-state index contributed by atoms with van der Waals surface area (Å²) in [5.41, 5.74) is 13.1. The molecule has 3 heterocycles. The summed E-state index contributed by atoms with van der Waals surface area (Å²) in [5, 5.41) is 5.16. The Hall–Kier alpha value is -3.90. The number of rotatable bonds is 11. The third kappa shape index (κ3) is 6.40. The number of aromatic nitrogens is 4. The van der Waals surface area contributed by atoms with Gasteiger partial charge in [-0.25, -0.2) is 4.68 Å². The lowest BCUT2D eigenvalue weighted by atomic mass is 10.2. The van der Waals surface area contributed by atoms with Gasteiger partial charge in [-0.05, 0) is 31.2 Å². The van der Waals surface area contributed by atoms with Crippen LogP contribution in [0, 0.1) is 0 Å². The average molecular weight is 496 g/mol. The van der Waals surface area contributed by atoms with Crippen molar-refractivity contribution in [3.05, 3.63) is 42.6 Å². The summed E-state index contributed by atoms with van der Waals surface area (Å²) in [6, 6.07) is 8.21. The normalized spacial score (nSPS) is 14.4. The van der Waals surface area contributed by atoms with E-state index in [9.17, 15) is 4.79 Å². The molecule has 0 unspecified atom stereocenters. The van der Waals surface area contributed by atoms with Crippen LogP contribution in [0.4, 0.5) is 17.5 Å². The predicted octanol–water partition coefficient (Wildman–Crippen LogP) is 1.28. The summed E-state index contributed by atoms with van der Waals surface area (Å²) < 4.78 is 12.5. The van der Waals surface area contributed by atoms with E-state index in [1.807, 2.05) is 16.8 Å². The molecule has 4 N–H and O–H groups in total. The highest BCUT2D eigenvalue weighted by atomic mass is 16.5. The summed E-state index contributed by atoms with van der Waals surface area (Å²) in [5.74, 6) is 1.07. The minimum absolute atomic E-state index is 0.107. The number of carbonyl (C=O) groups excluding carboxylic acids is 1. The van der Waals surface area contributed by atoms with Crippen molar-refractivity contribution < 1.29 is 14.3 Å². The molecule has 192 valence electrons. The van der Waals surface area contributed by atoms with Crippen molar-refractivity contribution in [3.8, 4) is 5.75 Å². The van der Waals surface area contributed by atoms with Gasteiger partial charge in [0, 0.05) is 51.6 Å². The molecule has 0 atom stereocenters. The number of amides is 1. The van der Waals surface area contributed by atoms with E-state index in [0.29, 0.717) is 36.6 Å². The van der Waals surface area contributed by atoms with Gasteiger partial charge in [-0.15, -0.1) is 0 Å². The summed E-state index contributed by atoms with van der Waals surface area (Å²) in [6.07, 6.45) is 4.74. The molecular weight excluding hydrogens is 462 g/mol. The van der Waals surface area contributed by atoms with Crippen LogP contribution in [0.2, 0.25) is 0 Å². The predicted molar refractivity (Wildman–Crippen MR) is 139 cm³/mol. The number of nitrogens with one attached hydrogen (secondary N) is 2. The van der Waals surface area contributed by atoms with Crippen molar-refractivity contribution in [3.63, 3.8) is 0 Å². The zero-order chi connectivity index (χ0) is 25.3. The highest BCUT2D eigenvalue weighted by Crippen LogP contribution is 2.22. The molecular formula is C24H33N9O3. The number of benzene rings is 1. The summed E-state index contributed by atoms with van der Waals surface area (Å²) in [7, 11) is 1.66. The fourth-order valence-electron chi connectivity index (χ4n) is 4.01. The Morgan fingerprint density at radius 1 is 1.11 bits per heavy atom. The first-order chi connectivity index (χ1) is 17.6. The topological polar surface area (TPSA) is 136 Å². The van der Waals surface area contributed by atoms with E-state index in [2.05, 4.69) is 47.9 Å². The molecule has 12 heteroatoms. The van der Waals surface area contributed by atoms with Crippen molar-refractivity contribution in [2.75, 3.05) is 69.1 Å². The third-order valence-corrected chi connectivity index (χ3v) is 5.89. The molecule has 0 saturated carbocycles. The molecule has 0 spiro atoms. The largest absolute Gasteiger partial charge is 0.491 e. The van der Waals surface area contributed by atoms with Gasteiger partial charge < -0.3 is 20.1 Å². The van der Waals surface area contributed by atoms with Crippen LogP contribution in [0.15, 0.2) is 42.6 Å². The Morgan fingerprint density at radius 3 is 2.61 bits per heavy atom. The average Bonchev–Trinajstić information content (AvgIpc) is 3.30. The second-order valence-electron chi connectivity index (χ2n) is 8.31. The molecule has 0 radical (unpaired) electrons. The number of fused-ring (bicyclic) bond motifs is 1. The molecule has 1 aliphatic heterocycles. The number of anilines is 3. The van der Waals surface area contributed by atoms with Crippen molar-refractivity contribution in [1.29, 1.82) is 0 Å². The van der Waals surface area contributed by atoms with Gasteiger partial charge >= 0.3 is 0 Å². The van der Waals surface area contributed by atoms with E-state index in [1.54, 1.807) is 26.3 Å². The van der Waals surface area contributed by atoms with Crippen LogP contribution in [-0.2, 0) is 16.1 Å². The van der Waals surface area contributed by atoms with E-state index < -0.39 is 0 Å². The Kier molecular flexibility index (Phi) is 8.53. The van der Waals surface area contributed by atoms with Gasteiger partial charge in [0.2, 0.25) is 5.95 Å². The molecule has 12 nitrogen and oxygen atoms in total. The maximum Gasteiger partial charge on any atom is 0.262 e. The number of piperazine rings is 1. The number of allylic oxidation sites excluding steroid dienone is 1. The summed E-state index contributed by atoms with van der Waals surface area (Å²) in [6.45, 7) is 8.17. The zero-order valence-corrected chi connectivity index (χ0v) is 20.7. The van der Waals surface area contributed by atoms with Gasteiger partial charge in [-0.2, -0.15) is 15.1 Å². The fraction of sp³-hybridized carbons (Fsp3) is 0.417. The number of methoxy groups -OCH3 is 1. The molecule has 1 aromatic carbocycles. The molecule has 0 aliphatic carbocycles. The van der Waals surface area contributed by atoms with Crippen LogP contribution in [0.3, 0.4) is 0 Å². The second-order valence-corrected chi connectivity index (χ2v) is 8.31. The monoisotopic (exact) mass is 495 g/mol. The standard InChI is InChI=1S/C24H33N9O3/c1-3-4-21(34)29-30-22-20-17-26-33(23(20)28-24(25)27-22)14-11-31-9-12-32(13-10-31)18-5-7-19(8-6-18)36-16-15-35-2/h3-8,17H,9-16H2,1-2H3,(H,29,34)(H3,25,27,28,30). The molecule has 36 heavy (non-hydrogen) atoms. The lowest BCUT2D eigenvalue weighted by Crippen LogP contribution is -2.47. The van der Waals surface area contributed by atoms with E-state index in [1.165, 1.54) is 11.8 Å². The lowest BCUT2D eigenvalue weighted by Gasteiger charge is -2.36. The van der Waals surface area contributed by atoms with Crippen LogP contribution in [0.5, 0.6) is 5.75 Å². The van der Waals surface area contributed by atoms with Crippen LogP contribution in [0.25, 0.3) is 11.0 Å². The number of hydrogen-bond donors (Lipinski definition) is 3. The second kappa shape index (κ2) is 12.2. The summed E-state index contributed by atoms with van der Waals surface area (Å²) in [4.78, 5) is 25.1. The highest BCUT2D eigenvalue weighted by molar-refractivity contribution is 5.91. The molecule has 2 aromatic heterocycles. The van der Waals surface area contributed by atoms with E-state index in [4.69, 9.17) is 15.2 Å². The fourth-order valence-corrected chi connectivity index (χ4v) is 4.01. The SMILES string of the molecule is CC=CC(=O)NNc1nc(N)nc2c1cnn2CCN1CCN(c2ccc(OCCOC)cc2)CC1. The van der Waals surface area contributed by atoms with Crippen molar-refractivity contribution in [2.45, 2.75) is 13.5 Å². The van der Waals surface area contributed by atoms with Gasteiger partial charge in [0.1, 0.15) is 12.4 Å². The lowest BCUT2D eigenvalue weighted by molar-refractivity contribution is -0.116. The number of nitrogens with zero attached hydrogens (tertiary/aromatic N) is 6. The number of carbonyl (C=O) groups is 1. The Balaban J connectivity index is 1.30. The van der Waals surface area contributed by atoms with Crippen LogP contribution >= 0.6 is 0 Å². The van der Waals surface area contributed by atoms with Crippen LogP contribution in [-0.4, -0.2) is 83.6 Å². The first-order valence-electron chi connectivity index (χ1n) is 11.9. The zero-order valence-electron chi connectivity index (χ0n) is 20.7. The quantitative estimate of drug-likeness (QED) is 0.203. The van der Waals surface area contributed by atoms with E-state index >= 15 is 0 Å². The molecule has 1 saturated heterocycles. The van der Waals surface area contributed by atoms with Crippen molar-refractivity contribution in [1.82, 2.24) is 30.1 Å². The van der Waals surface area contributed by atoms with E-state index in [0.717, 1.165) is 38.5 Å². The molecule has 3 aromatic rings. The molecule has 1 fully saturated rings. The first-order valence-corrected chi connectivity index (χ1v) is 11.9. The molecule has 0 bridgehead atoms. The van der Waals surface area contributed by atoms with E-state index in [-0.39, 0.29) is 11.9 Å². The van der Waals surface area contributed by atoms with Gasteiger partial charge in [-0.1, -0.05) is 6.08 Å². The minimum atomic E-state index is -0.291. The van der Waals surface area contributed by atoms with Crippen molar-refractivity contribution >= 4 is 34.4 Å². The number of nitrogens with two attached hydrogens (primary N) is 1. The van der Waals surface area contributed by atoms with Gasteiger partial charge in [0.05, 0.1) is 24.7 Å². The minimum Gasteiger partial charge on any atom is -0.491 e. The maximum absolute atomic E-state index is 11.7. The molecule has 1 amide bonds. The van der Waals surface area contributed by atoms with Gasteiger partial charge in [0.15, 0.2) is 11.5 Å². The Morgan fingerprint density at radius 2 is 1.89 bits per heavy atom. The van der Waals surface area contributed by atoms with Crippen LogP contribution < -0.4 is 26.2 Å². The Bertz CT molecular complexity index is 1170. The van der Waals surface area contributed by atoms with Crippen LogP contribution in [0.1, 0.15) is 6.92 Å². The number of nitrogen functional groups attached to an aromatic ring is 1. The Labute approximate surface area is 210 Å².